The van der Waals surface area contributed by atoms with Gasteiger partial charge in [-0.05, 0) is 13.8 Å². The van der Waals surface area contributed by atoms with E-state index in [0.717, 1.165) is 28.9 Å². The number of nitrogens with one attached hydrogen (secondary N) is 1. The Bertz CT molecular complexity index is 514. The number of hydrogen-bond donors (Lipinski definition) is 1. The second kappa shape index (κ2) is 5.58. The SMILES string of the molecule is Cc1nc(C)n(Cc2csc(CNC(C)C)n2)n1. The number of aryl methyl sites for hydroxylation is 2. The predicted molar refractivity (Wildman–Crippen MR) is 72.7 cm³/mol. The lowest BCUT2D eigenvalue weighted by molar-refractivity contribution is 0.584. The van der Waals surface area contributed by atoms with Crippen molar-refractivity contribution in [2.24, 2.45) is 0 Å². The molecule has 0 fully saturated rings. The Balaban J connectivity index is 2.00. The van der Waals surface area contributed by atoms with Crippen LogP contribution in [0.2, 0.25) is 0 Å². The highest BCUT2D eigenvalue weighted by atomic mass is 32.1. The fourth-order valence-electron chi connectivity index (χ4n) is 1.66. The zero-order valence-electron chi connectivity index (χ0n) is 11.3. The fraction of sp³-hybridized carbons (Fsp3) is 0.583. The van der Waals surface area contributed by atoms with Crippen molar-refractivity contribution in [1.82, 2.24) is 25.1 Å². The van der Waals surface area contributed by atoms with Gasteiger partial charge in [0.25, 0.3) is 0 Å². The highest BCUT2D eigenvalue weighted by molar-refractivity contribution is 7.09. The summed E-state index contributed by atoms with van der Waals surface area (Å²) in [7, 11) is 0. The summed E-state index contributed by atoms with van der Waals surface area (Å²) in [5, 5.41) is 10.9. The van der Waals surface area contributed by atoms with Crippen molar-refractivity contribution in [2.45, 2.75) is 46.8 Å². The van der Waals surface area contributed by atoms with E-state index in [0.29, 0.717) is 12.6 Å². The van der Waals surface area contributed by atoms with Crippen molar-refractivity contribution in [1.29, 1.82) is 0 Å². The molecule has 5 nitrogen and oxygen atoms in total. The van der Waals surface area contributed by atoms with Gasteiger partial charge in [0.2, 0.25) is 0 Å². The molecule has 2 rings (SSSR count). The van der Waals surface area contributed by atoms with Gasteiger partial charge in [-0.1, -0.05) is 13.8 Å². The quantitative estimate of drug-likeness (QED) is 0.897. The summed E-state index contributed by atoms with van der Waals surface area (Å²) in [5.74, 6) is 1.74. The summed E-state index contributed by atoms with van der Waals surface area (Å²) < 4.78 is 1.89. The zero-order valence-corrected chi connectivity index (χ0v) is 12.1. The molecule has 0 unspecified atom stereocenters. The molecule has 2 aromatic heterocycles. The van der Waals surface area contributed by atoms with Crippen LogP contribution < -0.4 is 5.32 Å². The first-order valence-electron chi connectivity index (χ1n) is 6.09. The molecule has 98 valence electrons. The van der Waals surface area contributed by atoms with Crippen molar-refractivity contribution >= 4 is 11.3 Å². The van der Waals surface area contributed by atoms with E-state index in [4.69, 9.17) is 0 Å². The number of nitrogens with zero attached hydrogens (tertiary/aromatic N) is 4. The Morgan fingerprint density at radius 1 is 1.33 bits per heavy atom. The first-order chi connectivity index (χ1) is 8.54. The van der Waals surface area contributed by atoms with E-state index < -0.39 is 0 Å². The lowest BCUT2D eigenvalue weighted by Crippen LogP contribution is -2.21. The van der Waals surface area contributed by atoms with Gasteiger partial charge in [-0.2, -0.15) is 5.10 Å². The predicted octanol–water partition coefficient (Wildman–Crippen LogP) is 1.90. The van der Waals surface area contributed by atoms with Crippen molar-refractivity contribution in [3.63, 3.8) is 0 Å². The Morgan fingerprint density at radius 2 is 2.11 bits per heavy atom. The van der Waals surface area contributed by atoms with Crippen LogP contribution in [0.5, 0.6) is 0 Å². The van der Waals surface area contributed by atoms with Crippen LogP contribution in [0.15, 0.2) is 5.38 Å². The van der Waals surface area contributed by atoms with Crippen molar-refractivity contribution < 1.29 is 0 Å². The van der Waals surface area contributed by atoms with Gasteiger partial charge in [-0.3, -0.25) is 0 Å². The maximum atomic E-state index is 4.60. The molecule has 0 spiro atoms. The molecule has 6 heteroatoms. The standard InChI is InChI=1S/C12H19N5S/c1-8(2)13-5-12-15-11(7-18-12)6-17-10(4)14-9(3)16-17/h7-8,13H,5-6H2,1-4H3. The average molecular weight is 265 g/mol. The van der Waals surface area contributed by atoms with Crippen molar-refractivity contribution in [2.75, 3.05) is 0 Å². The molecule has 2 aromatic rings. The zero-order chi connectivity index (χ0) is 13.1. The van der Waals surface area contributed by atoms with Gasteiger partial charge in [-0.25, -0.2) is 14.6 Å². The second-order valence-electron chi connectivity index (χ2n) is 4.63. The third-order valence-corrected chi connectivity index (χ3v) is 3.43. The number of aromatic nitrogens is 4. The average Bonchev–Trinajstić information content (AvgIpc) is 2.84. The molecule has 18 heavy (non-hydrogen) atoms. The topological polar surface area (TPSA) is 55.6 Å². The molecule has 0 amide bonds. The molecule has 0 aliphatic rings. The van der Waals surface area contributed by atoms with Gasteiger partial charge in [0.1, 0.15) is 16.7 Å². The van der Waals surface area contributed by atoms with Crippen LogP contribution in [0.4, 0.5) is 0 Å². The Kier molecular flexibility index (Phi) is 4.08. The smallest absolute Gasteiger partial charge is 0.147 e. The van der Waals surface area contributed by atoms with Gasteiger partial charge >= 0.3 is 0 Å². The molecule has 2 heterocycles. The third-order valence-electron chi connectivity index (χ3n) is 2.54. The first-order valence-corrected chi connectivity index (χ1v) is 6.97. The summed E-state index contributed by atoms with van der Waals surface area (Å²) >= 11 is 1.69. The van der Waals surface area contributed by atoms with E-state index in [2.05, 4.69) is 39.6 Å². The normalized spacial score (nSPS) is 11.4. The maximum Gasteiger partial charge on any atom is 0.147 e. The van der Waals surface area contributed by atoms with Crippen LogP contribution in [-0.2, 0) is 13.1 Å². The summed E-state index contributed by atoms with van der Waals surface area (Å²) in [6, 6.07) is 0.484. The molecule has 0 saturated carbocycles. The molecule has 0 atom stereocenters. The van der Waals surface area contributed by atoms with Gasteiger partial charge in [0.15, 0.2) is 0 Å². The van der Waals surface area contributed by atoms with Crippen LogP contribution in [0, 0.1) is 13.8 Å². The van der Waals surface area contributed by atoms with Crippen molar-refractivity contribution in [3.8, 4) is 0 Å². The van der Waals surface area contributed by atoms with Crippen LogP contribution in [0.1, 0.15) is 36.2 Å². The largest absolute Gasteiger partial charge is 0.308 e. The van der Waals surface area contributed by atoms with Gasteiger partial charge < -0.3 is 5.32 Å². The van der Waals surface area contributed by atoms with E-state index in [-0.39, 0.29) is 0 Å². The number of rotatable bonds is 5. The van der Waals surface area contributed by atoms with E-state index >= 15 is 0 Å². The Morgan fingerprint density at radius 3 is 2.72 bits per heavy atom. The minimum Gasteiger partial charge on any atom is -0.308 e. The van der Waals surface area contributed by atoms with Crippen LogP contribution in [0.25, 0.3) is 0 Å². The van der Waals surface area contributed by atoms with E-state index in [9.17, 15) is 0 Å². The molecule has 0 saturated heterocycles. The molecule has 0 aliphatic carbocycles. The second-order valence-corrected chi connectivity index (χ2v) is 5.57. The van der Waals surface area contributed by atoms with Gasteiger partial charge in [-0.15, -0.1) is 11.3 Å². The molecule has 1 N–H and O–H groups in total. The summed E-state index contributed by atoms with van der Waals surface area (Å²) in [6.45, 7) is 9.67. The molecular weight excluding hydrogens is 246 g/mol. The number of hydrogen-bond acceptors (Lipinski definition) is 5. The highest BCUT2D eigenvalue weighted by Crippen LogP contribution is 2.11. The molecule has 0 radical (unpaired) electrons. The lowest BCUT2D eigenvalue weighted by Gasteiger charge is -2.04. The minimum absolute atomic E-state index is 0.484. The number of thiazole rings is 1. The van der Waals surface area contributed by atoms with Crippen LogP contribution >= 0.6 is 11.3 Å². The minimum atomic E-state index is 0.484. The maximum absolute atomic E-state index is 4.60. The first kappa shape index (κ1) is 13.2. The van der Waals surface area contributed by atoms with E-state index in [1.54, 1.807) is 11.3 Å². The van der Waals surface area contributed by atoms with Crippen LogP contribution in [0.3, 0.4) is 0 Å². The summed E-state index contributed by atoms with van der Waals surface area (Å²) in [6.07, 6.45) is 0. The molecule has 0 aliphatic heterocycles. The van der Waals surface area contributed by atoms with E-state index in [1.807, 2.05) is 18.5 Å². The highest BCUT2D eigenvalue weighted by Gasteiger charge is 2.07. The Hall–Kier alpha value is -1.27. The van der Waals surface area contributed by atoms with Crippen molar-refractivity contribution in [3.05, 3.63) is 27.7 Å². The molecule has 0 aromatic carbocycles. The van der Waals surface area contributed by atoms with E-state index in [1.165, 1.54) is 0 Å². The monoisotopic (exact) mass is 265 g/mol. The summed E-state index contributed by atoms with van der Waals surface area (Å²) in [4.78, 5) is 8.88. The molecular formula is C12H19N5S. The summed E-state index contributed by atoms with van der Waals surface area (Å²) in [5.41, 5.74) is 1.05. The lowest BCUT2D eigenvalue weighted by atomic mass is 10.4. The molecule has 0 bridgehead atoms. The fourth-order valence-corrected chi connectivity index (χ4v) is 2.39. The Labute approximate surface area is 111 Å². The van der Waals surface area contributed by atoms with Gasteiger partial charge in [0.05, 0.1) is 12.2 Å². The van der Waals surface area contributed by atoms with Gasteiger partial charge in [0, 0.05) is 18.0 Å². The van der Waals surface area contributed by atoms with Crippen LogP contribution in [-0.4, -0.2) is 25.8 Å². The third kappa shape index (κ3) is 3.36.